The van der Waals surface area contributed by atoms with Gasteiger partial charge in [-0.05, 0) is 41.8 Å². The minimum atomic E-state index is -3.68. The number of nitrogen functional groups attached to an aromatic ring is 1. The molecule has 3 aromatic rings. The normalized spacial score (nSPS) is 17.0. The molecule has 1 aromatic heterocycles. The molecule has 1 saturated heterocycles. The van der Waals surface area contributed by atoms with Gasteiger partial charge in [0.05, 0.1) is 18.1 Å². The van der Waals surface area contributed by atoms with Gasteiger partial charge in [-0.1, -0.05) is 24.3 Å². The monoisotopic (exact) mass is 467 g/mol. The van der Waals surface area contributed by atoms with Gasteiger partial charge in [0, 0.05) is 37.8 Å². The molecule has 2 aliphatic heterocycles. The highest BCUT2D eigenvalue weighted by molar-refractivity contribution is 7.89. The zero-order valence-corrected chi connectivity index (χ0v) is 18.9. The van der Waals surface area contributed by atoms with Gasteiger partial charge < -0.3 is 15.4 Å². The Bertz CT molecular complexity index is 1280. The van der Waals surface area contributed by atoms with Crippen LogP contribution in [-0.2, 0) is 27.7 Å². The number of fused-ring (bicyclic) bond motifs is 1. The average molecular weight is 468 g/mol. The number of hydrogen-bond donors (Lipinski definition) is 1. The van der Waals surface area contributed by atoms with Crippen molar-refractivity contribution in [3.8, 4) is 0 Å². The predicted octanol–water partition coefficient (Wildman–Crippen LogP) is 1.74. The SMILES string of the molecule is Nc1cc(N2CCOCC2)n(C(=O)c2ccc(S(=O)(=O)N3CCc4ccccc4C3)cc2)n1. The summed E-state index contributed by atoms with van der Waals surface area (Å²) >= 11 is 0. The zero-order chi connectivity index (χ0) is 23.0. The number of rotatable bonds is 4. The Morgan fingerprint density at radius 3 is 2.39 bits per heavy atom. The molecule has 1 fully saturated rings. The first-order valence-corrected chi connectivity index (χ1v) is 12.3. The van der Waals surface area contributed by atoms with Crippen LogP contribution < -0.4 is 10.6 Å². The summed E-state index contributed by atoms with van der Waals surface area (Å²) in [5, 5.41) is 4.16. The van der Waals surface area contributed by atoms with E-state index in [4.69, 9.17) is 10.5 Å². The van der Waals surface area contributed by atoms with E-state index < -0.39 is 10.0 Å². The lowest BCUT2D eigenvalue weighted by molar-refractivity contribution is 0.0941. The highest BCUT2D eigenvalue weighted by Crippen LogP contribution is 2.26. The maximum absolute atomic E-state index is 13.2. The molecule has 0 saturated carbocycles. The van der Waals surface area contributed by atoms with E-state index in [2.05, 4.69) is 5.10 Å². The van der Waals surface area contributed by atoms with Crippen LogP contribution in [0.15, 0.2) is 59.5 Å². The van der Waals surface area contributed by atoms with E-state index >= 15 is 0 Å². The summed E-state index contributed by atoms with van der Waals surface area (Å²) in [4.78, 5) is 15.3. The number of hydrogen-bond acceptors (Lipinski definition) is 7. The zero-order valence-electron chi connectivity index (χ0n) is 18.1. The van der Waals surface area contributed by atoms with Crippen molar-refractivity contribution in [1.29, 1.82) is 0 Å². The number of carbonyl (C=O) groups is 1. The van der Waals surface area contributed by atoms with Crippen LogP contribution in [0.25, 0.3) is 0 Å². The molecule has 0 amide bonds. The van der Waals surface area contributed by atoms with Gasteiger partial charge in [0.15, 0.2) is 0 Å². The molecule has 0 atom stereocenters. The van der Waals surface area contributed by atoms with E-state index in [9.17, 15) is 13.2 Å². The maximum Gasteiger partial charge on any atom is 0.280 e. The molecule has 172 valence electrons. The van der Waals surface area contributed by atoms with Gasteiger partial charge in [-0.3, -0.25) is 4.79 Å². The van der Waals surface area contributed by atoms with E-state index in [-0.39, 0.29) is 16.6 Å². The second kappa shape index (κ2) is 8.62. The number of ether oxygens (including phenoxy) is 1. The fraction of sp³-hybridized carbons (Fsp3) is 0.304. The standard InChI is InChI=1S/C23H25N5O4S/c24-21-15-22(26-11-13-32-14-12-26)28(25-21)23(29)18-5-7-20(8-6-18)33(30,31)27-10-9-17-3-1-2-4-19(17)16-27/h1-8,15H,9-14,16H2,(H2,24,25). The molecule has 3 heterocycles. The van der Waals surface area contributed by atoms with Crippen LogP contribution in [0.2, 0.25) is 0 Å². The molecule has 33 heavy (non-hydrogen) atoms. The molecular weight excluding hydrogens is 442 g/mol. The van der Waals surface area contributed by atoms with E-state index in [0.717, 1.165) is 5.56 Å². The van der Waals surface area contributed by atoms with Crippen molar-refractivity contribution in [3.05, 3.63) is 71.3 Å². The number of sulfonamides is 1. The molecule has 0 aliphatic carbocycles. The largest absolute Gasteiger partial charge is 0.382 e. The van der Waals surface area contributed by atoms with Crippen LogP contribution in [-0.4, -0.2) is 61.3 Å². The van der Waals surface area contributed by atoms with Crippen molar-refractivity contribution in [2.45, 2.75) is 17.9 Å². The topological polar surface area (TPSA) is 111 Å². The van der Waals surface area contributed by atoms with Gasteiger partial charge in [-0.2, -0.15) is 8.99 Å². The number of anilines is 2. The average Bonchev–Trinajstić information content (AvgIpc) is 3.25. The molecule has 2 aliphatic rings. The van der Waals surface area contributed by atoms with Gasteiger partial charge >= 0.3 is 0 Å². The molecule has 5 rings (SSSR count). The number of aromatic nitrogens is 2. The van der Waals surface area contributed by atoms with Crippen molar-refractivity contribution >= 4 is 27.6 Å². The second-order valence-corrected chi connectivity index (χ2v) is 10.1. The van der Waals surface area contributed by atoms with Crippen LogP contribution in [0.1, 0.15) is 21.5 Å². The molecular formula is C23H25N5O4S. The van der Waals surface area contributed by atoms with Gasteiger partial charge in [-0.25, -0.2) is 8.42 Å². The lowest BCUT2D eigenvalue weighted by Crippen LogP contribution is -2.38. The molecule has 0 unspecified atom stereocenters. The first-order valence-electron chi connectivity index (χ1n) is 10.8. The first kappa shape index (κ1) is 21.6. The summed E-state index contributed by atoms with van der Waals surface area (Å²) in [5.41, 5.74) is 8.40. The molecule has 10 heteroatoms. The minimum absolute atomic E-state index is 0.159. The predicted molar refractivity (Wildman–Crippen MR) is 124 cm³/mol. The van der Waals surface area contributed by atoms with Crippen molar-refractivity contribution in [1.82, 2.24) is 14.1 Å². The van der Waals surface area contributed by atoms with E-state index in [0.29, 0.717) is 57.2 Å². The molecule has 2 aromatic carbocycles. The maximum atomic E-state index is 13.2. The van der Waals surface area contributed by atoms with Crippen LogP contribution in [0.4, 0.5) is 11.6 Å². The third kappa shape index (κ3) is 4.12. The third-order valence-electron chi connectivity index (χ3n) is 6.07. The van der Waals surface area contributed by atoms with Gasteiger partial charge in [0.1, 0.15) is 11.6 Å². The Morgan fingerprint density at radius 1 is 0.970 bits per heavy atom. The smallest absolute Gasteiger partial charge is 0.280 e. The van der Waals surface area contributed by atoms with E-state index in [1.807, 2.05) is 29.2 Å². The van der Waals surface area contributed by atoms with Crippen molar-refractivity contribution in [2.75, 3.05) is 43.5 Å². The Labute approximate surface area is 192 Å². The fourth-order valence-electron chi connectivity index (χ4n) is 4.27. The summed E-state index contributed by atoms with van der Waals surface area (Å²) in [5.74, 6) is 0.475. The summed E-state index contributed by atoms with van der Waals surface area (Å²) in [6.45, 7) is 3.16. The van der Waals surface area contributed by atoms with Crippen LogP contribution in [0.5, 0.6) is 0 Å². The fourth-order valence-corrected chi connectivity index (χ4v) is 5.69. The van der Waals surface area contributed by atoms with Gasteiger partial charge in [0.25, 0.3) is 5.91 Å². The molecule has 2 N–H and O–H groups in total. The van der Waals surface area contributed by atoms with Crippen molar-refractivity contribution in [3.63, 3.8) is 0 Å². The molecule has 0 bridgehead atoms. The summed E-state index contributed by atoms with van der Waals surface area (Å²) in [7, 11) is -3.68. The Kier molecular flexibility index (Phi) is 5.65. The summed E-state index contributed by atoms with van der Waals surface area (Å²) in [6.07, 6.45) is 0.678. The number of benzene rings is 2. The van der Waals surface area contributed by atoms with Gasteiger partial charge in [-0.15, -0.1) is 5.10 Å². The highest BCUT2D eigenvalue weighted by atomic mass is 32.2. The van der Waals surface area contributed by atoms with Crippen LogP contribution in [0, 0.1) is 0 Å². The van der Waals surface area contributed by atoms with Crippen molar-refractivity contribution in [2.24, 2.45) is 0 Å². The Morgan fingerprint density at radius 2 is 1.67 bits per heavy atom. The van der Waals surface area contributed by atoms with Crippen LogP contribution in [0.3, 0.4) is 0 Å². The van der Waals surface area contributed by atoms with E-state index in [1.165, 1.54) is 38.8 Å². The number of nitrogens with zero attached hydrogens (tertiary/aromatic N) is 4. The number of carbonyl (C=O) groups excluding carboxylic acids is 1. The van der Waals surface area contributed by atoms with Crippen LogP contribution >= 0.6 is 0 Å². The number of morpholine rings is 1. The number of nitrogens with two attached hydrogens (primary N) is 1. The molecule has 9 nitrogen and oxygen atoms in total. The summed E-state index contributed by atoms with van der Waals surface area (Å²) in [6, 6.07) is 15.5. The van der Waals surface area contributed by atoms with Crippen molar-refractivity contribution < 1.29 is 17.9 Å². The van der Waals surface area contributed by atoms with Gasteiger partial charge in [0.2, 0.25) is 10.0 Å². The lowest BCUT2D eigenvalue weighted by Gasteiger charge is -2.28. The Balaban J connectivity index is 1.37. The third-order valence-corrected chi connectivity index (χ3v) is 7.93. The second-order valence-electron chi connectivity index (χ2n) is 8.13. The lowest BCUT2D eigenvalue weighted by atomic mass is 10.0. The summed E-state index contributed by atoms with van der Waals surface area (Å²) < 4.78 is 34.5. The first-order chi connectivity index (χ1) is 15.9. The Hall–Kier alpha value is -3.21. The van der Waals surface area contributed by atoms with E-state index in [1.54, 1.807) is 6.07 Å². The molecule has 0 spiro atoms. The minimum Gasteiger partial charge on any atom is -0.382 e. The quantitative estimate of drug-likeness (QED) is 0.622. The highest BCUT2D eigenvalue weighted by Gasteiger charge is 2.29. The molecule has 0 radical (unpaired) electrons.